The minimum Gasteiger partial charge on any atom is -0.299 e. The van der Waals surface area contributed by atoms with E-state index in [1.54, 1.807) is 0 Å². The lowest BCUT2D eigenvalue weighted by atomic mass is 9.70. The SMILES string of the molecule is C[C@@]1(c2ccccc2)CCCCC1=O. The Morgan fingerprint density at radius 3 is 2.50 bits per heavy atom. The Hall–Kier alpha value is -1.11. The van der Waals surface area contributed by atoms with Crippen LogP contribution in [0, 0.1) is 0 Å². The van der Waals surface area contributed by atoms with Gasteiger partial charge >= 0.3 is 0 Å². The number of carbonyl (C=O) groups excluding carboxylic acids is 1. The summed E-state index contributed by atoms with van der Waals surface area (Å²) in [5.41, 5.74) is 0.976. The summed E-state index contributed by atoms with van der Waals surface area (Å²) in [6.45, 7) is 2.09. The van der Waals surface area contributed by atoms with Gasteiger partial charge in [-0.25, -0.2) is 0 Å². The molecule has 0 amide bonds. The molecule has 0 aliphatic heterocycles. The summed E-state index contributed by atoms with van der Waals surface area (Å²) < 4.78 is 0. The average molecular weight is 188 g/mol. The Balaban J connectivity index is 2.35. The molecule has 74 valence electrons. The van der Waals surface area contributed by atoms with E-state index in [-0.39, 0.29) is 5.41 Å². The second kappa shape index (κ2) is 3.56. The molecule has 0 radical (unpaired) electrons. The fourth-order valence-electron chi connectivity index (χ4n) is 2.29. The summed E-state index contributed by atoms with van der Waals surface area (Å²) in [6.07, 6.45) is 4.01. The van der Waals surface area contributed by atoms with Crippen LogP contribution in [0.2, 0.25) is 0 Å². The van der Waals surface area contributed by atoms with E-state index in [4.69, 9.17) is 0 Å². The minimum atomic E-state index is -0.209. The summed E-state index contributed by atoms with van der Waals surface area (Å²) >= 11 is 0. The maximum atomic E-state index is 11.9. The molecule has 1 atom stereocenters. The van der Waals surface area contributed by atoms with Crippen molar-refractivity contribution in [2.75, 3.05) is 0 Å². The summed E-state index contributed by atoms with van der Waals surface area (Å²) in [7, 11) is 0. The van der Waals surface area contributed by atoms with Crippen molar-refractivity contribution in [1.82, 2.24) is 0 Å². The van der Waals surface area contributed by atoms with Gasteiger partial charge in [0.25, 0.3) is 0 Å². The first-order chi connectivity index (χ1) is 6.73. The molecule has 0 unspecified atom stereocenters. The second-order valence-corrected chi connectivity index (χ2v) is 4.33. The van der Waals surface area contributed by atoms with Gasteiger partial charge in [0, 0.05) is 6.42 Å². The van der Waals surface area contributed by atoms with Crippen LogP contribution in [0.25, 0.3) is 0 Å². The number of Topliss-reactive ketones (excluding diaryl/α,β-unsaturated/α-hetero) is 1. The molecule has 1 aromatic carbocycles. The van der Waals surface area contributed by atoms with Crippen LogP contribution >= 0.6 is 0 Å². The zero-order valence-electron chi connectivity index (χ0n) is 8.62. The maximum Gasteiger partial charge on any atom is 0.143 e. The van der Waals surface area contributed by atoms with Crippen LogP contribution in [-0.2, 0) is 10.2 Å². The number of ketones is 1. The summed E-state index contributed by atoms with van der Waals surface area (Å²) in [4.78, 5) is 11.9. The monoisotopic (exact) mass is 188 g/mol. The summed E-state index contributed by atoms with van der Waals surface area (Å²) in [5.74, 6) is 0.412. The van der Waals surface area contributed by atoms with E-state index in [1.165, 1.54) is 12.0 Å². The molecule has 1 nitrogen and oxygen atoms in total. The van der Waals surface area contributed by atoms with Crippen LogP contribution < -0.4 is 0 Å². The lowest BCUT2D eigenvalue weighted by Gasteiger charge is -2.32. The van der Waals surface area contributed by atoms with E-state index in [0.717, 1.165) is 19.3 Å². The van der Waals surface area contributed by atoms with E-state index in [1.807, 2.05) is 18.2 Å². The van der Waals surface area contributed by atoms with Crippen molar-refractivity contribution < 1.29 is 4.79 Å². The first-order valence-corrected chi connectivity index (χ1v) is 5.32. The summed E-state index contributed by atoms with van der Waals surface area (Å²) in [5, 5.41) is 0. The second-order valence-electron chi connectivity index (χ2n) is 4.33. The number of carbonyl (C=O) groups is 1. The Labute approximate surface area is 85.1 Å². The van der Waals surface area contributed by atoms with Crippen LogP contribution in [0.4, 0.5) is 0 Å². The van der Waals surface area contributed by atoms with E-state index in [2.05, 4.69) is 19.1 Å². The van der Waals surface area contributed by atoms with Crippen LogP contribution in [-0.4, -0.2) is 5.78 Å². The molecule has 2 rings (SSSR count). The Kier molecular flexibility index (Phi) is 2.40. The topological polar surface area (TPSA) is 17.1 Å². The molecule has 1 fully saturated rings. The van der Waals surface area contributed by atoms with Gasteiger partial charge in [-0.1, -0.05) is 36.8 Å². The molecule has 1 aliphatic rings. The predicted octanol–water partition coefficient (Wildman–Crippen LogP) is 3.09. The first kappa shape index (κ1) is 9.45. The molecule has 0 aromatic heterocycles. The lowest BCUT2D eigenvalue weighted by Crippen LogP contribution is -2.35. The lowest BCUT2D eigenvalue weighted by molar-refractivity contribution is -0.125. The van der Waals surface area contributed by atoms with Crippen LogP contribution in [0.1, 0.15) is 38.2 Å². The average Bonchev–Trinajstić information content (AvgIpc) is 2.24. The third-order valence-corrected chi connectivity index (χ3v) is 3.36. The fraction of sp³-hybridized carbons (Fsp3) is 0.462. The number of hydrogen-bond acceptors (Lipinski definition) is 1. The highest BCUT2D eigenvalue weighted by Gasteiger charge is 2.36. The Bertz CT molecular complexity index is 328. The van der Waals surface area contributed by atoms with Gasteiger partial charge in [0.05, 0.1) is 5.41 Å². The van der Waals surface area contributed by atoms with Gasteiger partial charge in [0.1, 0.15) is 5.78 Å². The van der Waals surface area contributed by atoms with E-state index < -0.39 is 0 Å². The van der Waals surface area contributed by atoms with Crippen molar-refractivity contribution in [1.29, 1.82) is 0 Å². The maximum absolute atomic E-state index is 11.9. The van der Waals surface area contributed by atoms with Crippen molar-refractivity contribution in [3.63, 3.8) is 0 Å². The molecule has 1 aliphatic carbocycles. The molecule has 1 saturated carbocycles. The Morgan fingerprint density at radius 1 is 1.14 bits per heavy atom. The highest BCUT2D eigenvalue weighted by atomic mass is 16.1. The third-order valence-electron chi connectivity index (χ3n) is 3.36. The van der Waals surface area contributed by atoms with Crippen molar-refractivity contribution in [3.8, 4) is 0 Å². The zero-order valence-corrected chi connectivity index (χ0v) is 8.62. The third kappa shape index (κ3) is 1.47. The Morgan fingerprint density at radius 2 is 1.86 bits per heavy atom. The number of rotatable bonds is 1. The van der Waals surface area contributed by atoms with Gasteiger partial charge < -0.3 is 0 Å². The van der Waals surface area contributed by atoms with Gasteiger partial charge in [-0.05, 0) is 25.3 Å². The molecule has 1 aromatic rings. The van der Waals surface area contributed by atoms with E-state index in [9.17, 15) is 4.79 Å². The van der Waals surface area contributed by atoms with E-state index in [0.29, 0.717) is 5.78 Å². The van der Waals surface area contributed by atoms with Gasteiger partial charge in [0.2, 0.25) is 0 Å². The molecular weight excluding hydrogens is 172 g/mol. The van der Waals surface area contributed by atoms with Crippen molar-refractivity contribution >= 4 is 5.78 Å². The molecule has 14 heavy (non-hydrogen) atoms. The molecule has 0 bridgehead atoms. The van der Waals surface area contributed by atoms with Crippen LogP contribution in [0.5, 0.6) is 0 Å². The van der Waals surface area contributed by atoms with Crippen molar-refractivity contribution in [2.45, 2.75) is 38.0 Å². The minimum absolute atomic E-state index is 0.209. The number of benzene rings is 1. The van der Waals surface area contributed by atoms with E-state index >= 15 is 0 Å². The molecule has 0 N–H and O–H groups in total. The largest absolute Gasteiger partial charge is 0.299 e. The standard InChI is InChI=1S/C13H16O/c1-13(10-6-5-9-12(13)14)11-7-3-2-4-8-11/h2-4,7-8H,5-6,9-10H2,1H3/t13-/m0/s1. The van der Waals surface area contributed by atoms with Gasteiger partial charge in [0.15, 0.2) is 0 Å². The van der Waals surface area contributed by atoms with Gasteiger partial charge in [-0.15, -0.1) is 0 Å². The van der Waals surface area contributed by atoms with Crippen molar-refractivity contribution in [3.05, 3.63) is 35.9 Å². The van der Waals surface area contributed by atoms with Crippen LogP contribution in [0.15, 0.2) is 30.3 Å². The fourth-order valence-corrected chi connectivity index (χ4v) is 2.29. The quantitative estimate of drug-likeness (QED) is 0.662. The zero-order chi connectivity index (χ0) is 10.0. The molecule has 0 saturated heterocycles. The molecule has 0 spiro atoms. The highest BCUT2D eigenvalue weighted by Crippen LogP contribution is 2.35. The predicted molar refractivity (Wildman–Crippen MR) is 57.3 cm³/mol. The first-order valence-electron chi connectivity index (χ1n) is 5.32. The van der Waals surface area contributed by atoms with Crippen LogP contribution in [0.3, 0.4) is 0 Å². The molecule has 1 heteroatoms. The normalized spacial score (nSPS) is 27.6. The smallest absolute Gasteiger partial charge is 0.143 e. The molecular formula is C13H16O. The highest BCUT2D eigenvalue weighted by molar-refractivity contribution is 5.90. The van der Waals surface area contributed by atoms with Crippen molar-refractivity contribution in [2.24, 2.45) is 0 Å². The summed E-state index contributed by atoms with van der Waals surface area (Å²) in [6, 6.07) is 10.2. The number of hydrogen-bond donors (Lipinski definition) is 0. The van der Waals surface area contributed by atoms with Gasteiger partial charge in [-0.2, -0.15) is 0 Å². The van der Waals surface area contributed by atoms with Gasteiger partial charge in [-0.3, -0.25) is 4.79 Å². The molecule has 0 heterocycles.